The van der Waals surface area contributed by atoms with E-state index >= 15 is 0 Å². The molecule has 6 nitrogen and oxygen atoms in total. The van der Waals surface area contributed by atoms with E-state index in [1.807, 2.05) is 37.4 Å². The van der Waals surface area contributed by atoms with E-state index in [9.17, 15) is 9.59 Å². The van der Waals surface area contributed by atoms with Gasteiger partial charge < -0.3 is 5.32 Å². The summed E-state index contributed by atoms with van der Waals surface area (Å²) >= 11 is 1.59. The Labute approximate surface area is 143 Å². The molecule has 0 aliphatic carbocycles. The van der Waals surface area contributed by atoms with Crippen molar-refractivity contribution in [2.24, 2.45) is 0 Å². The molecule has 2 aromatic heterocycles. The van der Waals surface area contributed by atoms with Crippen molar-refractivity contribution in [3.63, 3.8) is 0 Å². The molecule has 24 heavy (non-hydrogen) atoms. The highest BCUT2D eigenvalue weighted by Crippen LogP contribution is 2.17. The zero-order valence-corrected chi connectivity index (χ0v) is 14.3. The van der Waals surface area contributed by atoms with Crippen LogP contribution in [0.25, 0.3) is 11.0 Å². The number of hydrogen-bond acceptors (Lipinski definition) is 5. The van der Waals surface area contributed by atoms with Gasteiger partial charge in [0.15, 0.2) is 0 Å². The van der Waals surface area contributed by atoms with Gasteiger partial charge in [0.2, 0.25) is 5.91 Å². The molecule has 0 spiro atoms. The molecule has 1 unspecified atom stereocenters. The van der Waals surface area contributed by atoms with E-state index in [-0.39, 0.29) is 24.1 Å². The van der Waals surface area contributed by atoms with E-state index in [2.05, 4.69) is 15.3 Å². The molecule has 0 aliphatic heterocycles. The van der Waals surface area contributed by atoms with Crippen molar-refractivity contribution in [2.45, 2.75) is 32.9 Å². The van der Waals surface area contributed by atoms with Crippen LogP contribution < -0.4 is 10.9 Å². The van der Waals surface area contributed by atoms with Crippen molar-refractivity contribution in [1.29, 1.82) is 0 Å². The minimum absolute atomic E-state index is 0.0447. The molecular weight excluding hydrogens is 324 g/mol. The van der Waals surface area contributed by atoms with Crippen LogP contribution >= 0.6 is 11.3 Å². The van der Waals surface area contributed by atoms with Crippen molar-refractivity contribution in [1.82, 2.24) is 19.9 Å². The van der Waals surface area contributed by atoms with Gasteiger partial charge in [0.1, 0.15) is 6.54 Å². The Morgan fingerprint density at radius 2 is 2.17 bits per heavy atom. The van der Waals surface area contributed by atoms with Crippen LogP contribution in [-0.4, -0.2) is 20.4 Å². The monoisotopic (exact) mass is 342 g/mol. The highest BCUT2D eigenvalue weighted by atomic mass is 32.1. The second-order valence-corrected chi connectivity index (χ2v) is 6.42. The quantitative estimate of drug-likeness (QED) is 0.772. The fraction of sp³-hybridized carbons (Fsp3) is 0.294. The first-order chi connectivity index (χ1) is 11.6. The summed E-state index contributed by atoms with van der Waals surface area (Å²) in [5.74, 6) is -0.230. The molecule has 0 fully saturated rings. The third-order valence-electron chi connectivity index (χ3n) is 3.75. The molecule has 3 rings (SSSR count). The van der Waals surface area contributed by atoms with Crippen molar-refractivity contribution >= 4 is 28.3 Å². The zero-order valence-electron chi connectivity index (χ0n) is 13.5. The number of amides is 1. The third kappa shape index (κ3) is 3.35. The molecule has 0 saturated heterocycles. The predicted molar refractivity (Wildman–Crippen MR) is 94.1 cm³/mol. The number of carbonyl (C=O) groups is 1. The molecule has 1 atom stereocenters. The van der Waals surface area contributed by atoms with Gasteiger partial charge >= 0.3 is 0 Å². The summed E-state index contributed by atoms with van der Waals surface area (Å²) in [6, 6.07) is 7.07. The Hall–Kier alpha value is -2.54. The maximum Gasteiger partial charge on any atom is 0.269 e. The number of aromatic nitrogens is 3. The maximum atomic E-state index is 12.4. The molecule has 7 heteroatoms. The maximum absolute atomic E-state index is 12.4. The number of fused-ring (bicyclic) bond motifs is 1. The molecule has 0 bridgehead atoms. The van der Waals surface area contributed by atoms with Crippen molar-refractivity contribution in [2.75, 3.05) is 0 Å². The molecule has 0 radical (unpaired) electrons. The number of thiazole rings is 1. The van der Waals surface area contributed by atoms with Crippen LogP contribution in [0.3, 0.4) is 0 Å². The fourth-order valence-corrected chi connectivity index (χ4v) is 3.31. The van der Waals surface area contributed by atoms with E-state index in [1.165, 1.54) is 10.8 Å². The summed E-state index contributed by atoms with van der Waals surface area (Å²) in [5.41, 5.74) is 1.88. The first-order valence-electron chi connectivity index (χ1n) is 7.76. The molecule has 3 aromatic rings. The second-order valence-electron chi connectivity index (χ2n) is 5.48. The number of nitrogens with zero attached hydrogens (tertiary/aromatic N) is 3. The van der Waals surface area contributed by atoms with Crippen LogP contribution in [0.5, 0.6) is 0 Å². The van der Waals surface area contributed by atoms with Gasteiger partial charge in [0.25, 0.3) is 5.56 Å². The number of rotatable bonds is 5. The van der Waals surface area contributed by atoms with Crippen molar-refractivity contribution in [3.8, 4) is 0 Å². The third-order valence-corrected chi connectivity index (χ3v) is 4.76. The van der Waals surface area contributed by atoms with Crippen LogP contribution in [0.1, 0.15) is 30.6 Å². The van der Waals surface area contributed by atoms with E-state index in [1.54, 1.807) is 17.4 Å². The normalized spacial score (nSPS) is 12.2. The fourth-order valence-electron chi connectivity index (χ4n) is 2.47. The minimum Gasteiger partial charge on any atom is -0.346 e. The summed E-state index contributed by atoms with van der Waals surface area (Å²) in [7, 11) is 0. The number of para-hydroxylation sites is 2. The molecule has 1 aromatic carbocycles. The van der Waals surface area contributed by atoms with Crippen LogP contribution in [0.4, 0.5) is 0 Å². The van der Waals surface area contributed by atoms with Gasteiger partial charge in [-0.2, -0.15) is 0 Å². The minimum atomic E-state index is -0.293. The first kappa shape index (κ1) is 16.3. The molecule has 0 aliphatic rings. The topological polar surface area (TPSA) is 76.9 Å². The Kier molecular flexibility index (Phi) is 4.71. The van der Waals surface area contributed by atoms with Crippen LogP contribution in [-0.2, 0) is 17.8 Å². The highest BCUT2D eigenvalue weighted by Gasteiger charge is 2.14. The summed E-state index contributed by atoms with van der Waals surface area (Å²) < 4.78 is 1.43. The van der Waals surface area contributed by atoms with Gasteiger partial charge in [0, 0.05) is 5.38 Å². The molecule has 0 saturated carbocycles. The second kappa shape index (κ2) is 6.92. The number of benzene rings is 1. The number of carbonyl (C=O) groups excluding carboxylic acids is 1. The SMILES string of the molecule is CCc1nc(C(C)NC(=O)Cn2c(=O)cnc3ccccc32)cs1. The molecule has 1 N–H and O–H groups in total. The standard InChI is InChI=1S/C17H18N4O2S/c1-3-16-20-13(10-24-16)11(2)19-15(22)9-21-14-7-5-4-6-12(14)18-8-17(21)23/h4-8,10-11H,3,9H2,1-2H3,(H,19,22). The number of hydrogen-bond donors (Lipinski definition) is 1. The summed E-state index contributed by atoms with van der Waals surface area (Å²) in [5, 5.41) is 5.90. The Morgan fingerprint density at radius 1 is 1.38 bits per heavy atom. The highest BCUT2D eigenvalue weighted by molar-refractivity contribution is 7.09. The predicted octanol–water partition coefficient (Wildman–Crippen LogP) is 2.29. The van der Waals surface area contributed by atoms with Gasteiger partial charge in [-0.1, -0.05) is 19.1 Å². The number of nitrogens with one attached hydrogen (secondary N) is 1. The van der Waals surface area contributed by atoms with E-state index in [4.69, 9.17) is 0 Å². The van der Waals surface area contributed by atoms with Gasteiger partial charge in [-0.05, 0) is 25.5 Å². The van der Waals surface area contributed by atoms with E-state index < -0.39 is 0 Å². The van der Waals surface area contributed by atoms with Crippen LogP contribution in [0.2, 0.25) is 0 Å². The lowest BCUT2D eigenvalue weighted by molar-refractivity contribution is -0.122. The molecule has 124 valence electrons. The smallest absolute Gasteiger partial charge is 0.269 e. The average molecular weight is 342 g/mol. The van der Waals surface area contributed by atoms with E-state index in [0.717, 1.165) is 17.1 Å². The van der Waals surface area contributed by atoms with Gasteiger partial charge in [-0.15, -0.1) is 11.3 Å². The molecule has 2 heterocycles. The zero-order chi connectivity index (χ0) is 17.1. The van der Waals surface area contributed by atoms with Crippen LogP contribution in [0, 0.1) is 0 Å². The summed E-state index contributed by atoms with van der Waals surface area (Å²) in [4.78, 5) is 33.0. The van der Waals surface area contributed by atoms with E-state index in [0.29, 0.717) is 11.0 Å². The first-order valence-corrected chi connectivity index (χ1v) is 8.64. The van der Waals surface area contributed by atoms with Crippen molar-refractivity contribution in [3.05, 3.63) is 56.9 Å². The lowest BCUT2D eigenvalue weighted by atomic mass is 10.2. The Morgan fingerprint density at radius 3 is 2.92 bits per heavy atom. The molecular formula is C17H18N4O2S. The van der Waals surface area contributed by atoms with Gasteiger partial charge in [-0.3, -0.25) is 14.2 Å². The lowest BCUT2D eigenvalue weighted by Gasteiger charge is -2.13. The van der Waals surface area contributed by atoms with Gasteiger partial charge in [-0.25, -0.2) is 9.97 Å². The van der Waals surface area contributed by atoms with Crippen LogP contribution in [0.15, 0.2) is 40.6 Å². The average Bonchev–Trinajstić information content (AvgIpc) is 3.07. The Balaban J connectivity index is 1.78. The summed E-state index contributed by atoms with van der Waals surface area (Å²) in [6.45, 7) is 3.89. The number of aryl methyl sites for hydroxylation is 1. The largest absolute Gasteiger partial charge is 0.346 e. The molecule has 1 amide bonds. The Bertz CT molecular complexity index is 931. The van der Waals surface area contributed by atoms with Gasteiger partial charge in [0.05, 0.1) is 34.0 Å². The summed E-state index contributed by atoms with van der Waals surface area (Å²) in [6.07, 6.45) is 2.12. The lowest BCUT2D eigenvalue weighted by Crippen LogP contribution is -2.34. The van der Waals surface area contributed by atoms with Crippen molar-refractivity contribution < 1.29 is 4.79 Å².